The second-order valence-corrected chi connectivity index (χ2v) is 2.95. The van der Waals surface area contributed by atoms with Crippen LogP contribution in [0.1, 0.15) is 12.5 Å². The predicted molar refractivity (Wildman–Crippen MR) is 48.5 cm³/mol. The van der Waals surface area contributed by atoms with Crippen LogP contribution < -0.4 is 5.73 Å². The highest BCUT2D eigenvalue weighted by atomic mass is 35.5. The average molecular weight is 169 g/mol. The lowest BCUT2D eigenvalue weighted by Gasteiger charge is -2.05. The number of halogens is 1. The molecule has 1 aromatic carbocycles. The largest absolute Gasteiger partial charge is 0.327 e. The summed E-state index contributed by atoms with van der Waals surface area (Å²) < 4.78 is 0. The van der Waals surface area contributed by atoms with Crippen LogP contribution in [0.15, 0.2) is 24.3 Å². The van der Waals surface area contributed by atoms with Gasteiger partial charge in [0.05, 0.1) is 0 Å². The molecule has 0 aromatic heterocycles. The Bertz CT molecular complexity index is 233. The van der Waals surface area contributed by atoms with Gasteiger partial charge in [0.15, 0.2) is 0 Å². The van der Waals surface area contributed by atoms with Crippen LogP contribution in [0, 0.1) is 6.42 Å². The summed E-state index contributed by atoms with van der Waals surface area (Å²) in [6, 6.07) is 7.71. The summed E-state index contributed by atoms with van der Waals surface area (Å²) in [5.74, 6) is 0. The number of benzene rings is 1. The van der Waals surface area contributed by atoms with Crippen molar-refractivity contribution in [2.24, 2.45) is 5.73 Å². The third-order valence-electron chi connectivity index (χ3n) is 1.35. The summed E-state index contributed by atoms with van der Waals surface area (Å²) >= 11 is 5.88. The van der Waals surface area contributed by atoms with Crippen LogP contribution in [0.5, 0.6) is 0 Å². The maximum Gasteiger partial charge on any atom is 0.0441 e. The molecule has 1 rings (SSSR count). The van der Waals surface area contributed by atoms with Gasteiger partial charge in [0.25, 0.3) is 0 Å². The minimum atomic E-state index is 0.0508. The summed E-state index contributed by atoms with van der Waals surface area (Å²) in [5.41, 5.74) is 6.58. The SMILES string of the molecule is CC(N)[CH]c1ccccc1Cl. The Hall–Kier alpha value is -0.530. The Balaban J connectivity index is 2.78. The van der Waals surface area contributed by atoms with E-state index < -0.39 is 0 Å². The molecule has 0 aliphatic heterocycles. The quantitative estimate of drug-likeness (QED) is 0.720. The third kappa shape index (κ3) is 2.52. The Morgan fingerprint density at radius 1 is 1.45 bits per heavy atom. The number of hydrogen-bond acceptors (Lipinski definition) is 1. The van der Waals surface area contributed by atoms with Crippen molar-refractivity contribution < 1.29 is 0 Å². The predicted octanol–water partition coefficient (Wildman–Crippen LogP) is 2.24. The van der Waals surface area contributed by atoms with Gasteiger partial charge in [-0.05, 0) is 18.6 Å². The van der Waals surface area contributed by atoms with Crippen molar-refractivity contribution in [2.75, 3.05) is 0 Å². The molecule has 1 atom stereocenters. The smallest absolute Gasteiger partial charge is 0.0441 e. The Kier molecular flexibility index (Phi) is 2.92. The van der Waals surface area contributed by atoms with Crippen LogP contribution in [0.3, 0.4) is 0 Å². The van der Waals surface area contributed by atoms with Gasteiger partial charge in [-0.2, -0.15) is 0 Å². The van der Waals surface area contributed by atoms with Gasteiger partial charge in [-0.15, -0.1) is 0 Å². The molecule has 0 saturated heterocycles. The summed E-state index contributed by atoms with van der Waals surface area (Å²) in [4.78, 5) is 0. The fraction of sp³-hybridized carbons (Fsp3) is 0.222. The van der Waals surface area contributed by atoms with Gasteiger partial charge in [0, 0.05) is 17.5 Å². The van der Waals surface area contributed by atoms with E-state index >= 15 is 0 Å². The van der Waals surface area contributed by atoms with Crippen molar-refractivity contribution in [1.82, 2.24) is 0 Å². The number of rotatable bonds is 2. The van der Waals surface area contributed by atoms with Crippen LogP contribution >= 0.6 is 11.6 Å². The number of nitrogens with two attached hydrogens (primary N) is 1. The first-order chi connectivity index (χ1) is 5.20. The van der Waals surface area contributed by atoms with E-state index in [1.807, 2.05) is 37.6 Å². The van der Waals surface area contributed by atoms with Crippen LogP contribution in [-0.2, 0) is 0 Å². The van der Waals surface area contributed by atoms with Gasteiger partial charge in [-0.3, -0.25) is 0 Å². The van der Waals surface area contributed by atoms with Gasteiger partial charge in [0.1, 0.15) is 0 Å². The first-order valence-electron chi connectivity index (χ1n) is 3.55. The maximum atomic E-state index is 5.88. The van der Waals surface area contributed by atoms with E-state index in [4.69, 9.17) is 17.3 Å². The fourth-order valence-electron chi connectivity index (χ4n) is 0.893. The van der Waals surface area contributed by atoms with E-state index in [9.17, 15) is 0 Å². The summed E-state index contributed by atoms with van der Waals surface area (Å²) in [6.07, 6.45) is 1.93. The molecular weight excluding hydrogens is 158 g/mol. The summed E-state index contributed by atoms with van der Waals surface area (Å²) in [5, 5.41) is 0.754. The van der Waals surface area contributed by atoms with Crippen molar-refractivity contribution in [2.45, 2.75) is 13.0 Å². The molecule has 2 heteroatoms. The van der Waals surface area contributed by atoms with Gasteiger partial charge >= 0.3 is 0 Å². The number of hydrogen-bond donors (Lipinski definition) is 1. The molecule has 2 N–H and O–H groups in total. The van der Waals surface area contributed by atoms with Gasteiger partial charge < -0.3 is 5.73 Å². The zero-order valence-electron chi connectivity index (χ0n) is 6.42. The molecule has 11 heavy (non-hydrogen) atoms. The summed E-state index contributed by atoms with van der Waals surface area (Å²) in [6.45, 7) is 1.92. The lowest BCUT2D eigenvalue weighted by Crippen LogP contribution is -2.15. The van der Waals surface area contributed by atoms with Gasteiger partial charge in [-0.25, -0.2) is 0 Å². The third-order valence-corrected chi connectivity index (χ3v) is 1.69. The van der Waals surface area contributed by atoms with E-state index in [0.29, 0.717) is 0 Å². The van der Waals surface area contributed by atoms with Crippen molar-refractivity contribution in [3.8, 4) is 0 Å². The Labute approximate surface area is 72.2 Å². The summed E-state index contributed by atoms with van der Waals surface area (Å²) in [7, 11) is 0. The molecule has 59 valence electrons. The van der Waals surface area contributed by atoms with Crippen LogP contribution in [-0.4, -0.2) is 6.04 Å². The molecule has 0 aliphatic rings. The van der Waals surface area contributed by atoms with Crippen molar-refractivity contribution in [3.63, 3.8) is 0 Å². The van der Waals surface area contributed by atoms with Crippen molar-refractivity contribution in [3.05, 3.63) is 41.3 Å². The highest BCUT2D eigenvalue weighted by Gasteiger charge is 2.01. The monoisotopic (exact) mass is 168 g/mol. The molecule has 1 unspecified atom stereocenters. The highest BCUT2D eigenvalue weighted by Crippen LogP contribution is 2.17. The normalized spacial score (nSPS) is 13.0. The Morgan fingerprint density at radius 3 is 2.64 bits per heavy atom. The maximum absolute atomic E-state index is 5.88. The molecule has 0 saturated carbocycles. The van der Waals surface area contributed by atoms with Gasteiger partial charge in [0.2, 0.25) is 0 Å². The topological polar surface area (TPSA) is 26.0 Å². The first kappa shape index (κ1) is 8.57. The molecule has 0 aliphatic carbocycles. The second kappa shape index (κ2) is 3.74. The van der Waals surface area contributed by atoms with Crippen molar-refractivity contribution in [1.29, 1.82) is 0 Å². The van der Waals surface area contributed by atoms with Crippen molar-refractivity contribution >= 4 is 11.6 Å². The molecule has 1 radical (unpaired) electrons. The molecule has 0 bridgehead atoms. The zero-order chi connectivity index (χ0) is 8.27. The molecule has 0 spiro atoms. The van der Waals surface area contributed by atoms with Crippen LogP contribution in [0.2, 0.25) is 5.02 Å². The molecule has 1 nitrogen and oxygen atoms in total. The van der Waals surface area contributed by atoms with E-state index in [2.05, 4.69) is 0 Å². The Morgan fingerprint density at radius 2 is 2.09 bits per heavy atom. The lowest BCUT2D eigenvalue weighted by molar-refractivity contribution is 0.870. The highest BCUT2D eigenvalue weighted by molar-refractivity contribution is 6.31. The van der Waals surface area contributed by atoms with Crippen LogP contribution in [0.25, 0.3) is 0 Å². The first-order valence-corrected chi connectivity index (χ1v) is 3.93. The molecule has 0 amide bonds. The molecule has 0 heterocycles. The zero-order valence-corrected chi connectivity index (χ0v) is 7.18. The van der Waals surface area contributed by atoms with E-state index in [0.717, 1.165) is 10.6 Å². The minimum absolute atomic E-state index is 0.0508. The fourth-order valence-corrected chi connectivity index (χ4v) is 1.09. The lowest BCUT2D eigenvalue weighted by atomic mass is 10.1. The molecular formula is C9H11ClN. The molecule has 1 aromatic rings. The standard InChI is InChI=1S/C9H11ClN/c1-7(11)6-8-4-2-3-5-9(8)10/h2-7H,11H2,1H3. The van der Waals surface area contributed by atoms with E-state index in [1.54, 1.807) is 0 Å². The van der Waals surface area contributed by atoms with E-state index in [-0.39, 0.29) is 6.04 Å². The van der Waals surface area contributed by atoms with Crippen LogP contribution in [0.4, 0.5) is 0 Å². The molecule has 0 fully saturated rings. The van der Waals surface area contributed by atoms with Gasteiger partial charge in [-0.1, -0.05) is 29.8 Å². The second-order valence-electron chi connectivity index (χ2n) is 2.55. The minimum Gasteiger partial charge on any atom is -0.327 e. The average Bonchev–Trinajstić information content (AvgIpc) is 1.93. The van der Waals surface area contributed by atoms with E-state index in [1.165, 1.54) is 0 Å².